The van der Waals surface area contributed by atoms with E-state index in [0.29, 0.717) is 5.96 Å². The quantitative estimate of drug-likeness (QED) is 0.342. The third kappa shape index (κ3) is 3.27. The molecule has 0 saturated carbocycles. The highest BCUT2D eigenvalue weighted by atomic mass is 15.3. The van der Waals surface area contributed by atoms with Crippen LogP contribution in [0.4, 0.5) is 0 Å². The Morgan fingerprint density at radius 3 is 2.11 bits per heavy atom. The molecule has 0 bridgehead atoms. The van der Waals surface area contributed by atoms with Gasteiger partial charge in [0.05, 0.1) is 16.6 Å². The van der Waals surface area contributed by atoms with Crippen molar-refractivity contribution in [1.29, 1.82) is 0 Å². The molecule has 0 fully saturated rings. The van der Waals surface area contributed by atoms with Gasteiger partial charge >= 0.3 is 0 Å². The topological polar surface area (TPSA) is 46.3 Å². The van der Waals surface area contributed by atoms with Gasteiger partial charge in [0.25, 0.3) is 0 Å². The molecule has 4 heteroatoms. The maximum Gasteiger partial charge on any atom is 0.240 e. The molecular weight excluding hydrogens is 428 g/mol. The van der Waals surface area contributed by atoms with Crippen molar-refractivity contribution < 1.29 is 5.32 Å². The van der Waals surface area contributed by atoms with E-state index in [1.54, 1.807) is 0 Å². The van der Waals surface area contributed by atoms with Crippen molar-refractivity contribution in [3.05, 3.63) is 132 Å². The average Bonchev–Trinajstić information content (AvgIpc) is 3.29. The number of benzene rings is 5. The van der Waals surface area contributed by atoms with Crippen molar-refractivity contribution in [3.8, 4) is 0 Å². The Bertz CT molecular complexity index is 1760. The van der Waals surface area contributed by atoms with Crippen LogP contribution in [0.3, 0.4) is 0 Å². The van der Waals surface area contributed by atoms with Crippen LogP contribution in [0, 0.1) is 0 Å². The third-order valence-electron chi connectivity index (χ3n) is 6.76. The van der Waals surface area contributed by atoms with Crippen LogP contribution in [0.1, 0.15) is 17.3 Å². The van der Waals surface area contributed by atoms with Crippen molar-refractivity contribution in [2.75, 3.05) is 0 Å². The Hall–Kier alpha value is -4.54. The van der Waals surface area contributed by atoms with Gasteiger partial charge in [-0.1, -0.05) is 97.1 Å². The van der Waals surface area contributed by atoms with Gasteiger partial charge in [0.1, 0.15) is 0 Å². The highest BCUT2D eigenvalue weighted by Gasteiger charge is 2.27. The van der Waals surface area contributed by atoms with E-state index in [9.17, 15) is 0 Å². The lowest BCUT2D eigenvalue weighted by Gasteiger charge is -2.20. The molecule has 0 aliphatic carbocycles. The lowest BCUT2D eigenvalue weighted by atomic mass is 10.0. The Morgan fingerprint density at radius 1 is 0.600 bits per heavy atom. The van der Waals surface area contributed by atoms with E-state index >= 15 is 0 Å². The predicted octanol–water partition coefficient (Wildman–Crippen LogP) is 5.87. The highest BCUT2D eigenvalue weighted by Crippen LogP contribution is 2.35. The number of hydrogen-bond acceptors (Lipinski definition) is 2. The second-order valence-electron chi connectivity index (χ2n) is 8.85. The summed E-state index contributed by atoms with van der Waals surface area (Å²) in [4.78, 5) is 10.3. The molecule has 1 unspecified atom stereocenters. The smallest absolute Gasteiger partial charge is 0.240 e. The molecule has 0 amide bonds. The lowest BCUT2D eigenvalue weighted by Crippen LogP contribution is -2.90. The number of amidine groups is 1. The molecule has 2 heterocycles. The van der Waals surface area contributed by atoms with Crippen LogP contribution in [-0.2, 0) is 0 Å². The van der Waals surface area contributed by atoms with Gasteiger partial charge in [-0.05, 0) is 35.0 Å². The molecule has 166 valence electrons. The summed E-state index contributed by atoms with van der Waals surface area (Å²) < 4.78 is 2.23. The van der Waals surface area contributed by atoms with Crippen molar-refractivity contribution in [3.63, 3.8) is 0 Å². The number of nitrogens with two attached hydrogens (primary N) is 1. The van der Waals surface area contributed by atoms with E-state index in [1.807, 2.05) is 12.1 Å². The summed E-state index contributed by atoms with van der Waals surface area (Å²) in [6, 6.07) is 42.4. The molecule has 1 atom stereocenters. The summed E-state index contributed by atoms with van der Waals surface area (Å²) in [5.41, 5.74) is 4.47. The summed E-state index contributed by atoms with van der Waals surface area (Å²) in [6.45, 7) is 0. The van der Waals surface area contributed by atoms with Crippen LogP contribution in [0.5, 0.6) is 0 Å². The number of rotatable bonds is 2. The molecule has 0 saturated heterocycles. The van der Waals surface area contributed by atoms with E-state index in [2.05, 4.69) is 119 Å². The maximum absolute atomic E-state index is 5.19. The summed E-state index contributed by atoms with van der Waals surface area (Å²) in [6.07, 6.45) is -0.115. The largest absolute Gasteiger partial charge is 0.278 e. The maximum atomic E-state index is 5.19. The van der Waals surface area contributed by atoms with Crippen LogP contribution < -0.4 is 5.32 Å². The van der Waals surface area contributed by atoms with Gasteiger partial charge in [-0.2, -0.15) is 9.98 Å². The minimum Gasteiger partial charge on any atom is -0.278 e. The van der Waals surface area contributed by atoms with Crippen LogP contribution in [-0.4, -0.2) is 16.4 Å². The fourth-order valence-corrected chi connectivity index (χ4v) is 5.14. The zero-order valence-corrected chi connectivity index (χ0v) is 19.0. The molecule has 0 radical (unpaired) electrons. The van der Waals surface area contributed by atoms with Crippen molar-refractivity contribution >= 4 is 44.4 Å². The first-order valence-corrected chi connectivity index (χ1v) is 11.9. The standard InChI is InChI=1S/C31H22N4/c1-3-12-22(13-4-1)29-32-30(23-14-5-2-6-15-23)34-31(33-29)35-26-18-10-9-17-25(26)28-24-16-8-7-11-21(24)19-20-27(28)35/h1-20,29H,(H,32,33,34)/p+1. The van der Waals surface area contributed by atoms with Crippen LogP contribution in [0.15, 0.2) is 131 Å². The molecule has 5 aromatic carbocycles. The Kier molecular flexibility index (Phi) is 4.57. The second-order valence-corrected chi connectivity index (χ2v) is 8.85. The van der Waals surface area contributed by atoms with Crippen LogP contribution in [0.2, 0.25) is 0 Å². The number of aromatic nitrogens is 1. The van der Waals surface area contributed by atoms with Crippen molar-refractivity contribution in [1.82, 2.24) is 4.57 Å². The first-order chi connectivity index (χ1) is 17.4. The molecule has 2 N–H and O–H groups in total. The van der Waals surface area contributed by atoms with Gasteiger partial charge in [-0.25, -0.2) is 0 Å². The van der Waals surface area contributed by atoms with Gasteiger partial charge in [0, 0.05) is 16.3 Å². The number of para-hydroxylation sites is 1. The zero-order valence-electron chi connectivity index (χ0n) is 19.0. The van der Waals surface area contributed by atoms with E-state index in [-0.39, 0.29) is 6.17 Å². The molecule has 35 heavy (non-hydrogen) atoms. The number of nitrogens with zero attached hydrogens (tertiary/aromatic N) is 3. The van der Waals surface area contributed by atoms with E-state index in [0.717, 1.165) is 28.0 Å². The van der Waals surface area contributed by atoms with E-state index in [4.69, 9.17) is 9.98 Å². The molecule has 6 aromatic rings. The Balaban J connectivity index is 1.53. The molecule has 1 aliphatic rings. The Labute approximate surface area is 202 Å². The van der Waals surface area contributed by atoms with Crippen LogP contribution >= 0.6 is 0 Å². The molecule has 0 spiro atoms. The summed E-state index contributed by atoms with van der Waals surface area (Å²) in [5.74, 6) is 1.65. The van der Waals surface area contributed by atoms with E-state index < -0.39 is 0 Å². The average molecular weight is 452 g/mol. The fraction of sp³-hybridized carbons (Fsp3) is 0.0323. The summed E-state index contributed by atoms with van der Waals surface area (Å²) in [5, 5.41) is 7.09. The summed E-state index contributed by atoms with van der Waals surface area (Å²) in [7, 11) is 0. The van der Waals surface area contributed by atoms with Gasteiger partial charge in [0.2, 0.25) is 18.0 Å². The highest BCUT2D eigenvalue weighted by molar-refractivity contribution is 6.24. The SMILES string of the molecule is c1ccc(C2=NC(n3c4ccccc4c4c5ccccc5ccc43)=NC(c3ccccc3)[NH2+]2)cc1. The van der Waals surface area contributed by atoms with Crippen molar-refractivity contribution in [2.24, 2.45) is 9.98 Å². The first kappa shape index (κ1) is 19.9. The Morgan fingerprint density at radius 2 is 1.29 bits per heavy atom. The fourth-order valence-electron chi connectivity index (χ4n) is 5.14. The predicted molar refractivity (Wildman–Crippen MR) is 144 cm³/mol. The third-order valence-corrected chi connectivity index (χ3v) is 6.76. The summed E-state index contributed by atoms with van der Waals surface area (Å²) >= 11 is 0. The zero-order chi connectivity index (χ0) is 23.2. The second kappa shape index (κ2) is 8.05. The van der Waals surface area contributed by atoms with Gasteiger partial charge in [0.15, 0.2) is 0 Å². The van der Waals surface area contributed by atoms with Gasteiger partial charge in [-0.15, -0.1) is 0 Å². The molecular formula is C31H23N4+. The normalized spacial score (nSPS) is 15.9. The monoisotopic (exact) mass is 451 g/mol. The molecule has 7 rings (SSSR count). The first-order valence-electron chi connectivity index (χ1n) is 11.9. The molecule has 4 nitrogen and oxygen atoms in total. The number of hydrogen-bond donors (Lipinski definition) is 1. The number of aliphatic imine (C=N–C) groups is 2. The van der Waals surface area contributed by atoms with Crippen molar-refractivity contribution in [2.45, 2.75) is 6.17 Å². The molecule has 1 aliphatic heterocycles. The van der Waals surface area contributed by atoms with E-state index in [1.165, 1.54) is 21.5 Å². The minimum absolute atomic E-state index is 0.115. The van der Waals surface area contributed by atoms with Gasteiger partial charge < -0.3 is 0 Å². The van der Waals surface area contributed by atoms with Crippen LogP contribution in [0.25, 0.3) is 32.6 Å². The lowest BCUT2D eigenvalue weighted by molar-refractivity contribution is -0.586. The van der Waals surface area contributed by atoms with Gasteiger partial charge in [-0.3, -0.25) is 9.88 Å². The number of fused-ring (bicyclic) bond motifs is 5. The minimum atomic E-state index is -0.115. The molecule has 1 aromatic heterocycles. The number of quaternary nitrogens is 1.